The molecule has 4 aromatic carbocycles. The Morgan fingerprint density at radius 1 is 0.829 bits per heavy atom. The number of carboxylic acid groups (broad SMARTS) is 1. The number of benzene rings is 4. The Kier molecular flexibility index (Phi) is 9.18. The molecule has 0 spiro atoms. The number of unbranched alkanes of at least 4 members (excludes halogenated alkanes) is 1. The smallest absolute Gasteiger partial charge is 0.327 e. The summed E-state index contributed by atoms with van der Waals surface area (Å²) in [6.07, 6.45) is 1.06. The molecule has 4 aromatic rings. The Balaban J connectivity index is 2.03. The van der Waals surface area contributed by atoms with E-state index >= 15 is 0 Å². The van der Waals surface area contributed by atoms with Gasteiger partial charge in [0.25, 0.3) is 20.0 Å². The van der Waals surface area contributed by atoms with Crippen LogP contribution in [0.25, 0.3) is 10.8 Å². The predicted octanol–water partition coefficient (Wildman–Crippen LogP) is 6.81. The van der Waals surface area contributed by atoms with Gasteiger partial charge in [-0.05, 0) is 54.3 Å². The highest BCUT2D eigenvalue weighted by Crippen LogP contribution is 2.39. The van der Waals surface area contributed by atoms with Gasteiger partial charge in [0, 0.05) is 22.5 Å². The lowest BCUT2D eigenvalue weighted by Crippen LogP contribution is -2.45. The summed E-state index contributed by atoms with van der Waals surface area (Å²) < 4.78 is 57.5. The number of fused-ring (bicyclic) bond motifs is 1. The van der Waals surface area contributed by atoms with Crippen LogP contribution >= 0.6 is 23.2 Å². The van der Waals surface area contributed by atoms with Gasteiger partial charge in [0.05, 0.1) is 21.2 Å². The second-order valence-electron chi connectivity index (χ2n) is 9.37. The first-order valence-electron chi connectivity index (χ1n) is 12.7. The van der Waals surface area contributed by atoms with E-state index in [4.69, 9.17) is 23.2 Å². The van der Waals surface area contributed by atoms with E-state index in [1.165, 1.54) is 43.4 Å². The maximum atomic E-state index is 14.3. The van der Waals surface area contributed by atoms with Crippen molar-refractivity contribution in [3.8, 4) is 0 Å². The number of anilines is 2. The molecule has 0 saturated heterocycles. The van der Waals surface area contributed by atoms with Gasteiger partial charge in [-0.25, -0.2) is 21.6 Å². The molecular formula is C29H28Cl2N2O6S2. The quantitative estimate of drug-likeness (QED) is 0.194. The number of carboxylic acids is 1. The summed E-state index contributed by atoms with van der Waals surface area (Å²) >= 11 is 12.3. The summed E-state index contributed by atoms with van der Waals surface area (Å²) in [5.74, 6) is -1.35. The number of aliphatic carboxylic acids is 1. The Morgan fingerprint density at radius 3 is 2.05 bits per heavy atom. The van der Waals surface area contributed by atoms with Crippen molar-refractivity contribution in [2.24, 2.45) is 0 Å². The Labute approximate surface area is 249 Å². The van der Waals surface area contributed by atoms with Crippen LogP contribution in [0.1, 0.15) is 26.2 Å². The molecule has 0 amide bonds. The lowest BCUT2D eigenvalue weighted by Gasteiger charge is -2.32. The number of nitrogens with zero attached hydrogens (tertiary/aromatic N) is 2. The van der Waals surface area contributed by atoms with Crippen LogP contribution in [-0.2, 0) is 24.8 Å². The Bertz CT molecular complexity index is 1780. The molecule has 0 bridgehead atoms. The second kappa shape index (κ2) is 12.3. The summed E-state index contributed by atoms with van der Waals surface area (Å²) in [4.78, 5) is 12.4. The summed E-state index contributed by atoms with van der Waals surface area (Å²) in [7, 11) is -7.26. The van der Waals surface area contributed by atoms with Crippen LogP contribution in [0.4, 0.5) is 11.4 Å². The van der Waals surface area contributed by atoms with Crippen LogP contribution in [-0.4, -0.2) is 41.0 Å². The minimum Gasteiger partial charge on any atom is -0.480 e. The zero-order chi connectivity index (χ0) is 29.9. The minimum atomic E-state index is -4.58. The summed E-state index contributed by atoms with van der Waals surface area (Å²) in [5.41, 5.74) is 0.152. The van der Waals surface area contributed by atoms with Crippen LogP contribution in [0.3, 0.4) is 0 Å². The number of halogens is 2. The maximum Gasteiger partial charge on any atom is 0.327 e. The average molecular weight is 636 g/mol. The number of carbonyl (C=O) groups is 1. The molecule has 1 atom stereocenters. The topological polar surface area (TPSA) is 112 Å². The first-order chi connectivity index (χ1) is 19.4. The highest BCUT2D eigenvalue weighted by atomic mass is 35.5. The molecule has 0 saturated carbocycles. The van der Waals surface area contributed by atoms with E-state index in [1.807, 2.05) is 6.92 Å². The van der Waals surface area contributed by atoms with E-state index in [0.717, 1.165) is 8.61 Å². The highest BCUT2D eigenvalue weighted by molar-refractivity contribution is 7.93. The van der Waals surface area contributed by atoms with Crippen molar-refractivity contribution in [3.63, 3.8) is 0 Å². The molecule has 41 heavy (non-hydrogen) atoms. The van der Waals surface area contributed by atoms with E-state index in [0.29, 0.717) is 23.6 Å². The number of rotatable bonds is 11. The van der Waals surface area contributed by atoms with Gasteiger partial charge in [0.1, 0.15) is 6.04 Å². The highest BCUT2D eigenvalue weighted by Gasteiger charge is 2.38. The molecule has 0 aliphatic heterocycles. The summed E-state index contributed by atoms with van der Waals surface area (Å²) in [5, 5.41) is 11.4. The maximum absolute atomic E-state index is 14.3. The lowest BCUT2D eigenvalue weighted by molar-refractivity contribution is -0.138. The van der Waals surface area contributed by atoms with Gasteiger partial charge >= 0.3 is 5.97 Å². The van der Waals surface area contributed by atoms with Gasteiger partial charge in [-0.2, -0.15) is 0 Å². The van der Waals surface area contributed by atoms with Gasteiger partial charge in [0.2, 0.25) is 0 Å². The van der Waals surface area contributed by atoms with Gasteiger partial charge in [0.15, 0.2) is 0 Å². The monoisotopic (exact) mass is 634 g/mol. The summed E-state index contributed by atoms with van der Waals surface area (Å²) in [6.45, 7) is 1.87. The van der Waals surface area contributed by atoms with Crippen molar-refractivity contribution >= 4 is 71.4 Å². The molecule has 0 heterocycles. The zero-order valence-electron chi connectivity index (χ0n) is 22.2. The average Bonchev–Trinajstić information content (AvgIpc) is 2.94. The second-order valence-corrected chi connectivity index (χ2v) is 14.0. The van der Waals surface area contributed by atoms with Crippen LogP contribution in [0.2, 0.25) is 10.0 Å². The molecule has 0 radical (unpaired) electrons. The normalized spacial score (nSPS) is 12.7. The van der Waals surface area contributed by atoms with E-state index in [-0.39, 0.29) is 37.6 Å². The first kappa shape index (κ1) is 30.6. The Morgan fingerprint density at radius 2 is 1.44 bits per heavy atom. The molecule has 0 fully saturated rings. The number of sulfonamides is 2. The van der Waals surface area contributed by atoms with Crippen molar-refractivity contribution in [2.75, 3.05) is 15.7 Å². The van der Waals surface area contributed by atoms with Crippen molar-refractivity contribution < 1.29 is 26.7 Å². The van der Waals surface area contributed by atoms with Crippen molar-refractivity contribution in [1.29, 1.82) is 0 Å². The zero-order valence-corrected chi connectivity index (χ0v) is 25.4. The van der Waals surface area contributed by atoms with Crippen molar-refractivity contribution in [3.05, 3.63) is 95.0 Å². The van der Waals surface area contributed by atoms with Crippen LogP contribution in [0.15, 0.2) is 94.7 Å². The van der Waals surface area contributed by atoms with Gasteiger partial charge < -0.3 is 5.11 Å². The molecule has 0 aromatic heterocycles. The van der Waals surface area contributed by atoms with E-state index < -0.39 is 32.1 Å². The van der Waals surface area contributed by atoms with Crippen molar-refractivity contribution in [2.45, 2.75) is 42.0 Å². The molecule has 1 N–H and O–H groups in total. The molecule has 0 aliphatic carbocycles. The molecule has 4 rings (SSSR count). The third-order valence-corrected chi connectivity index (χ3v) is 10.7. The fraction of sp³-hybridized carbons (Fsp3) is 0.207. The van der Waals surface area contributed by atoms with Gasteiger partial charge in [-0.1, -0.05) is 85.4 Å². The van der Waals surface area contributed by atoms with Gasteiger partial charge in [-0.3, -0.25) is 8.61 Å². The number of hydrogen-bond acceptors (Lipinski definition) is 5. The third kappa shape index (κ3) is 6.30. The van der Waals surface area contributed by atoms with Gasteiger partial charge in [-0.15, -0.1) is 0 Å². The number of hydrogen-bond donors (Lipinski definition) is 1. The SMILES string of the molecule is CCCCC(C(=O)O)N(c1cc(N(C)S(=O)(=O)c2ccccc2)cc2ccccc12)S(=O)(=O)c1cc(Cl)cc(Cl)c1. The fourth-order valence-corrected chi connectivity index (χ4v) is 8.10. The molecule has 216 valence electrons. The standard InChI is InChI=1S/C29H28Cl2N2O6S2/c1-3-4-14-27(29(34)35)33(41(38,39)25-17-21(30)16-22(31)18-25)28-19-23(15-20-10-8-9-13-26(20)28)32(2)40(36,37)24-11-6-5-7-12-24/h5-13,15-19,27H,3-4,14H2,1-2H3,(H,34,35). The molecular weight excluding hydrogens is 607 g/mol. The molecule has 1 unspecified atom stereocenters. The van der Waals surface area contributed by atoms with Crippen LogP contribution in [0.5, 0.6) is 0 Å². The van der Waals surface area contributed by atoms with E-state index in [2.05, 4.69) is 0 Å². The predicted molar refractivity (Wildman–Crippen MR) is 163 cm³/mol. The van der Waals surface area contributed by atoms with Crippen LogP contribution < -0.4 is 8.61 Å². The minimum absolute atomic E-state index is 0.00723. The summed E-state index contributed by atoms with van der Waals surface area (Å²) in [6, 6.07) is 19.9. The third-order valence-electron chi connectivity index (χ3n) is 6.62. The Hall–Kier alpha value is -3.31. The molecule has 0 aliphatic rings. The largest absolute Gasteiger partial charge is 0.480 e. The fourth-order valence-electron chi connectivity index (χ4n) is 4.52. The lowest BCUT2D eigenvalue weighted by atomic mass is 10.0. The molecule has 8 nitrogen and oxygen atoms in total. The van der Waals surface area contributed by atoms with E-state index in [9.17, 15) is 26.7 Å². The van der Waals surface area contributed by atoms with Crippen molar-refractivity contribution in [1.82, 2.24) is 0 Å². The van der Waals surface area contributed by atoms with E-state index in [1.54, 1.807) is 48.5 Å². The first-order valence-corrected chi connectivity index (χ1v) is 16.3. The molecule has 12 heteroatoms. The van der Waals surface area contributed by atoms with Crippen LogP contribution in [0, 0.1) is 0 Å².